The molecule has 0 aromatic heterocycles. The summed E-state index contributed by atoms with van der Waals surface area (Å²) in [7, 11) is 0. The first kappa shape index (κ1) is 15.1. The Morgan fingerprint density at radius 3 is 2.43 bits per heavy atom. The van der Waals surface area contributed by atoms with Gasteiger partial charge in [-0.2, -0.15) is 0 Å². The molecular weight excluding hydrogens is 294 g/mol. The van der Waals surface area contributed by atoms with Crippen molar-refractivity contribution in [2.45, 2.75) is 13.0 Å². The Labute approximate surface area is 134 Å². The smallest absolute Gasteiger partial charge is 0.227 e. The molecule has 5 heteroatoms. The number of anilines is 1. The zero-order chi connectivity index (χ0) is 16.2. The Bertz CT molecular complexity index is 697. The predicted octanol–water partition coefficient (Wildman–Crippen LogP) is 1.37. The summed E-state index contributed by atoms with van der Waals surface area (Å²) in [6, 6.07) is 16.9. The summed E-state index contributed by atoms with van der Waals surface area (Å²) in [6.07, 6.45) is -0.00537. The van der Waals surface area contributed by atoms with Crippen LogP contribution < -0.4 is 14.7 Å². The van der Waals surface area contributed by atoms with Crippen molar-refractivity contribution in [1.29, 1.82) is 0 Å². The van der Waals surface area contributed by atoms with Crippen molar-refractivity contribution < 1.29 is 19.4 Å². The molecular formula is C18H16NO4-. The maximum Gasteiger partial charge on any atom is 0.227 e. The highest BCUT2D eigenvalue weighted by Crippen LogP contribution is 2.26. The predicted molar refractivity (Wildman–Crippen MR) is 82.7 cm³/mol. The highest BCUT2D eigenvalue weighted by atomic mass is 16.5. The number of hydrogen-bond donors (Lipinski definition) is 0. The van der Waals surface area contributed by atoms with Crippen LogP contribution in [0, 0.1) is 5.92 Å². The summed E-state index contributed by atoms with van der Waals surface area (Å²) in [4.78, 5) is 24.3. The molecule has 0 bridgehead atoms. The van der Waals surface area contributed by atoms with E-state index in [1.165, 1.54) is 4.90 Å². The summed E-state index contributed by atoms with van der Waals surface area (Å²) >= 11 is 0. The Balaban J connectivity index is 1.63. The van der Waals surface area contributed by atoms with E-state index in [2.05, 4.69) is 0 Å². The molecule has 1 aliphatic rings. The van der Waals surface area contributed by atoms with Crippen molar-refractivity contribution >= 4 is 17.6 Å². The lowest BCUT2D eigenvalue weighted by atomic mass is 10.1. The van der Waals surface area contributed by atoms with Gasteiger partial charge in [0.25, 0.3) is 0 Å². The van der Waals surface area contributed by atoms with Crippen LogP contribution in [0.3, 0.4) is 0 Å². The van der Waals surface area contributed by atoms with E-state index in [1.54, 1.807) is 24.3 Å². The summed E-state index contributed by atoms with van der Waals surface area (Å²) in [5.74, 6) is -1.42. The van der Waals surface area contributed by atoms with Crippen LogP contribution in [0.1, 0.15) is 12.0 Å². The molecule has 0 N–H and O–H groups in total. The number of carbonyl (C=O) groups excluding carboxylic acids is 2. The first-order valence-corrected chi connectivity index (χ1v) is 7.41. The molecule has 1 atom stereocenters. The molecule has 2 aromatic rings. The van der Waals surface area contributed by atoms with E-state index < -0.39 is 11.9 Å². The first-order chi connectivity index (χ1) is 11.1. The van der Waals surface area contributed by atoms with Gasteiger partial charge in [0.15, 0.2) is 0 Å². The number of carbonyl (C=O) groups is 2. The second-order valence-electron chi connectivity index (χ2n) is 5.49. The van der Waals surface area contributed by atoms with E-state index >= 15 is 0 Å². The van der Waals surface area contributed by atoms with Crippen molar-refractivity contribution in [1.82, 2.24) is 0 Å². The standard InChI is InChI=1S/C18H17NO4/c20-17-10-14(18(21)22)11-19(17)15-6-8-16(9-7-15)23-12-13-4-2-1-3-5-13/h1-9,14H,10-12H2,(H,21,22)/p-1. The number of hydrogen-bond acceptors (Lipinski definition) is 4. The zero-order valence-corrected chi connectivity index (χ0v) is 12.5. The molecule has 118 valence electrons. The third-order valence-electron chi connectivity index (χ3n) is 3.86. The molecule has 0 saturated carbocycles. The Kier molecular flexibility index (Phi) is 4.28. The second kappa shape index (κ2) is 6.52. The van der Waals surface area contributed by atoms with Crippen LogP contribution in [0.5, 0.6) is 5.75 Å². The minimum Gasteiger partial charge on any atom is -0.550 e. The lowest BCUT2D eigenvalue weighted by molar-refractivity contribution is -0.310. The quantitative estimate of drug-likeness (QED) is 0.836. The van der Waals surface area contributed by atoms with Gasteiger partial charge in [-0.3, -0.25) is 4.79 Å². The van der Waals surface area contributed by atoms with Gasteiger partial charge in [0.05, 0.1) is 0 Å². The second-order valence-corrected chi connectivity index (χ2v) is 5.49. The van der Waals surface area contributed by atoms with Gasteiger partial charge < -0.3 is 19.5 Å². The minimum absolute atomic E-state index is 0.00537. The first-order valence-electron chi connectivity index (χ1n) is 7.41. The number of ether oxygens (including phenoxy) is 1. The van der Waals surface area contributed by atoms with E-state index in [0.717, 1.165) is 5.56 Å². The van der Waals surface area contributed by atoms with Gasteiger partial charge in [0.1, 0.15) is 12.4 Å². The Morgan fingerprint density at radius 1 is 1.13 bits per heavy atom. The molecule has 23 heavy (non-hydrogen) atoms. The fourth-order valence-corrected chi connectivity index (χ4v) is 2.58. The number of nitrogens with zero attached hydrogens (tertiary/aromatic N) is 1. The maximum absolute atomic E-state index is 11.9. The number of rotatable bonds is 5. The average molecular weight is 310 g/mol. The topological polar surface area (TPSA) is 69.7 Å². The molecule has 1 unspecified atom stereocenters. The average Bonchev–Trinajstić information content (AvgIpc) is 2.97. The van der Waals surface area contributed by atoms with Gasteiger partial charge in [-0.05, 0) is 29.8 Å². The van der Waals surface area contributed by atoms with Crippen LogP contribution in [0.25, 0.3) is 0 Å². The summed E-state index contributed by atoms with van der Waals surface area (Å²) in [6.45, 7) is 0.626. The van der Waals surface area contributed by atoms with Crippen LogP contribution in [-0.4, -0.2) is 18.4 Å². The van der Waals surface area contributed by atoms with Gasteiger partial charge >= 0.3 is 0 Å². The van der Waals surface area contributed by atoms with Gasteiger partial charge in [-0.25, -0.2) is 0 Å². The van der Waals surface area contributed by atoms with E-state index in [0.29, 0.717) is 18.0 Å². The van der Waals surface area contributed by atoms with Gasteiger partial charge in [-0.15, -0.1) is 0 Å². The lowest BCUT2D eigenvalue weighted by Gasteiger charge is -2.17. The van der Waals surface area contributed by atoms with Crippen molar-refractivity contribution in [2.75, 3.05) is 11.4 Å². The highest BCUT2D eigenvalue weighted by Gasteiger charge is 2.31. The number of amides is 1. The van der Waals surface area contributed by atoms with E-state index in [9.17, 15) is 14.7 Å². The minimum atomic E-state index is -1.18. The molecule has 1 heterocycles. The molecule has 0 aliphatic carbocycles. The fraction of sp³-hybridized carbons (Fsp3) is 0.222. The van der Waals surface area contributed by atoms with Crippen LogP contribution in [0.15, 0.2) is 54.6 Å². The van der Waals surface area contributed by atoms with Gasteiger partial charge in [0, 0.05) is 30.5 Å². The highest BCUT2D eigenvalue weighted by molar-refractivity contribution is 5.98. The fourth-order valence-electron chi connectivity index (χ4n) is 2.58. The zero-order valence-electron chi connectivity index (χ0n) is 12.5. The summed E-state index contributed by atoms with van der Waals surface area (Å²) in [5.41, 5.74) is 1.74. The summed E-state index contributed by atoms with van der Waals surface area (Å²) in [5, 5.41) is 10.9. The largest absolute Gasteiger partial charge is 0.550 e. The molecule has 0 spiro atoms. The number of carboxylic acids is 1. The van der Waals surface area contributed by atoms with Gasteiger partial charge in [-0.1, -0.05) is 30.3 Å². The van der Waals surface area contributed by atoms with Crippen molar-refractivity contribution in [3.63, 3.8) is 0 Å². The Hall–Kier alpha value is -2.82. The summed E-state index contributed by atoms with van der Waals surface area (Å²) < 4.78 is 5.69. The van der Waals surface area contributed by atoms with E-state index in [-0.39, 0.29) is 18.9 Å². The number of carboxylic acid groups (broad SMARTS) is 1. The Morgan fingerprint density at radius 2 is 1.83 bits per heavy atom. The van der Waals surface area contributed by atoms with E-state index in [1.807, 2.05) is 30.3 Å². The normalized spacial score (nSPS) is 17.3. The molecule has 1 amide bonds. The molecule has 1 saturated heterocycles. The molecule has 1 fully saturated rings. The van der Waals surface area contributed by atoms with Crippen LogP contribution in [-0.2, 0) is 16.2 Å². The van der Waals surface area contributed by atoms with Crippen molar-refractivity contribution in [3.8, 4) is 5.75 Å². The van der Waals surface area contributed by atoms with E-state index in [4.69, 9.17) is 4.74 Å². The molecule has 5 nitrogen and oxygen atoms in total. The van der Waals surface area contributed by atoms with Crippen LogP contribution in [0.2, 0.25) is 0 Å². The third-order valence-corrected chi connectivity index (χ3v) is 3.86. The maximum atomic E-state index is 11.9. The molecule has 1 aliphatic heterocycles. The SMILES string of the molecule is O=C([O-])C1CC(=O)N(c2ccc(OCc3ccccc3)cc2)C1. The lowest BCUT2D eigenvalue weighted by Crippen LogP contribution is -2.33. The monoisotopic (exact) mass is 310 g/mol. The van der Waals surface area contributed by atoms with Gasteiger partial charge in [0.2, 0.25) is 5.91 Å². The van der Waals surface area contributed by atoms with Crippen LogP contribution >= 0.6 is 0 Å². The van der Waals surface area contributed by atoms with Crippen molar-refractivity contribution in [3.05, 3.63) is 60.2 Å². The number of benzene rings is 2. The van der Waals surface area contributed by atoms with Crippen LogP contribution in [0.4, 0.5) is 5.69 Å². The molecule has 3 rings (SSSR count). The number of aliphatic carboxylic acids is 1. The molecule has 2 aromatic carbocycles. The molecule has 0 radical (unpaired) electrons. The van der Waals surface area contributed by atoms with Crippen molar-refractivity contribution in [2.24, 2.45) is 5.92 Å². The third kappa shape index (κ3) is 3.51.